The number of carbonyl (C=O) groups excluding carboxylic acids is 1. The van der Waals surface area contributed by atoms with E-state index in [1.54, 1.807) is 38.1 Å². The first-order chi connectivity index (χ1) is 17.1. The second-order valence-electron chi connectivity index (χ2n) is 8.76. The fourth-order valence-corrected chi connectivity index (χ4v) is 4.13. The molecular weight excluding hydrogens is 506 g/mol. The summed E-state index contributed by atoms with van der Waals surface area (Å²) < 4.78 is 19.7. The summed E-state index contributed by atoms with van der Waals surface area (Å²) in [5.41, 5.74) is 0.794. The van der Waals surface area contributed by atoms with E-state index in [1.807, 2.05) is 12.1 Å². The first kappa shape index (κ1) is 27.6. The number of benzene rings is 2. The Bertz CT molecular complexity index is 1210. The molecule has 0 spiro atoms. The van der Waals surface area contributed by atoms with Gasteiger partial charge in [0.05, 0.1) is 17.0 Å². The maximum Gasteiger partial charge on any atom is 0.311 e. The van der Waals surface area contributed by atoms with Gasteiger partial charge in [0.25, 0.3) is 5.91 Å². The zero-order valence-electron chi connectivity index (χ0n) is 19.9. The lowest BCUT2D eigenvalue weighted by molar-refractivity contribution is -0.152. The first-order valence-electron chi connectivity index (χ1n) is 11.4. The van der Waals surface area contributed by atoms with Gasteiger partial charge in [0.2, 0.25) is 0 Å². The molecule has 6 nitrogen and oxygen atoms in total. The van der Waals surface area contributed by atoms with Crippen LogP contribution in [0.2, 0.25) is 10.0 Å². The Kier molecular flexibility index (Phi) is 9.43. The minimum atomic E-state index is -1.23. The second kappa shape index (κ2) is 12.3. The van der Waals surface area contributed by atoms with Crippen molar-refractivity contribution in [1.82, 2.24) is 10.3 Å². The Balaban J connectivity index is 1.85. The molecule has 3 aromatic rings. The van der Waals surface area contributed by atoms with E-state index in [2.05, 4.69) is 10.3 Å². The van der Waals surface area contributed by atoms with Crippen molar-refractivity contribution >= 4 is 35.1 Å². The van der Waals surface area contributed by atoms with Crippen LogP contribution in [-0.2, 0) is 16.0 Å². The number of nitrogens with one attached hydrogen (secondary N) is 1. The van der Waals surface area contributed by atoms with Crippen molar-refractivity contribution in [2.45, 2.75) is 32.7 Å². The Labute approximate surface area is 219 Å². The molecule has 1 aromatic heterocycles. The van der Waals surface area contributed by atoms with E-state index >= 15 is 0 Å². The van der Waals surface area contributed by atoms with Crippen LogP contribution in [-0.4, -0.2) is 41.2 Å². The summed E-state index contributed by atoms with van der Waals surface area (Å²) in [6, 6.07) is 14.0. The van der Waals surface area contributed by atoms with Crippen molar-refractivity contribution in [2.75, 3.05) is 13.2 Å². The van der Waals surface area contributed by atoms with Gasteiger partial charge in [-0.25, -0.2) is 9.37 Å². The third kappa shape index (κ3) is 7.26. The number of amides is 1. The maximum absolute atomic E-state index is 14.3. The summed E-state index contributed by atoms with van der Waals surface area (Å²) in [6.45, 7) is 3.75. The molecule has 36 heavy (non-hydrogen) atoms. The number of ether oxygens (including phenoxy) is 1. The van der Waals surface area contributed by atoms with Crippen LogP contribution in [0.1, 0.15) is 36.3 Å². The average molecular weight is 533 g/mol. The number of carboxylic acid groups (broad SMARTS) is 1. The number of hydrogen-bond acceptors (Lipinski definition) is 4. The van der Waals surface area contributed by atoms with Gasteiger partial charge in [0.15, 0.2) is 0 Å². The SMILES string of the molecule is CCOCC(C)(CC(Cc1ccc(-c2cc(Cl)ccc2F)cc1)NC(=O)c1ccc(Cl)cn1)C(=O)O. The van der Waals surface area contributed by atoms with Gasteiger partial charge in [-0.3, -0.25) is 9.59 Å². The van der Waals surface area contributed by atoms with Crippen molar-refractivity contribution in [3.05, 3.63) is 87.9 Å². The van der Waals surface area contributed by atoms with Crippen LogP contribution >= 0.6 is 23.2 Å². The van der Waals surface area contributed by atoms with Gasteiger partial charge in [-0.15, -0.1) is 0 Å². The minimum Gasteiger partial charge on any atom is -0.481 e. The van der Waals surface area contributed by atoms with Crippen molar-refractivity contribution in [3.63, 3.8) is 0 Å². The number of carbonyl (C=O) groups is 2. The topological polar surface area (TPSA) is 88.5 Å². The number of nitrogens with zero attached hydrogens (tertiary/aromatic N) is 1. The van der Waals surface area contributed by atoms with E-state index in [4.69, 9.17) is 27.9 Å². The smallest absolute Gasteiger partial charge is 0.311 e. The summed E-state index contributed by atoms with van der Waals surface area (Å²) in [7, 11) is 0. The molecule has 2 N–H and O–H groups in total. The summed E-state index contributed by atoms with van der Waals surface area (Å²) >= 11 is 11.9. The molecule has 3 rings (SSSR count). The molecule has 2 unspecified atom stereocenters. The van der Waals surface area contributed by atoms with Crippen LogP contribution in [0, 0.1) is 11.2 Å². The molecular formula is C27H27Cl2FN2O4. The van der Waals surface area contributed by atoms with E-state index in [0.717, 1.165) is 5.56 Å². The third-order valence-corrected chi connectivity index (χ3v) is 6.27. The summed E-state index contributed by atoms with van der Waals surface area (Å²) in [5.74, 6) is -1.86. The molecule has 1 amide bonds. The van der Waals surface area contributed by atoms with Crippen molar-refractivity contribution < 1.29 is 23.8 Å². The molecule has 190 valence electrons. The lowest BCUT2D eigenvalue weighted by Crippen LogP contribution is -2.44. The molecule has 2 aromatic carbocycles. The number of hydrogen-bond donors (Lipinski definition) is 2. The van der Waals surface area contributed by atoms with Gasteiger partial charge in [-0.1, -0.05) is 47.5 Å². The number of aromatic nitrogens is 1. The highest BCUT2D eigenvalue weighted by Gasteiger charge is 2.37. The van der Waals surface area contributed by atoms with Gasteiger partial charge in [0.1, 0.15) is 11.5 Å². The minimum absolute atomic E-state index is 0.00260. The lowest BCUT2D eigenvalue weighted by Gasteiger charge is -2.30. The largest absolute Gasteiger partial charge is 0.481 e. The molecule has 2 atom stereocenters. The molecule has 0 fully saturated rings. The molecule has 0 aliphatic rings. The van der Waals surface area contributed by atoms with E-state index in [9.17, 15) is 19.1 Å². The third-order valence-electron chi connectivity index (χ3n) is 5.81. The predicted molar refractivity (Wildman–Crippen MR) is 138 cm³/mol. The number of halogens is 3. The Morgan fingerprint density at radius 3 is 2.42 bits per heavy atom. The number of pyridine rings is 1. The number of carboxylic acids is 1. The van der Waals surface area contributed by atoms with E-state index in [0.29, 0.717) is 34.2 Å². The molecule has 1 heterocycles. The van der Waals surface area contributed by atoms with Gasteiger partial charge in [0, 0.05) is 29.4 Å². The standard InChI is InChI=1S/C27H27Cl2FN2O4/c1-3-36-16-27(2,26(34)35)14-21(32-25(33)24-11-9-20(29)15-31-24)12-17-4-6-18(7-5-17)22-13-19(28)8-10-23(22)30/h4-11,13,15,21H,3,12,14,16H2,1-2H3,(H,32,33)(H,34,35). The van der Waals surface area contributed by atoms with E-state index < -0.39 is 23.3 Å². The van der Waals surface area contributed by atoms with Crippen molar-refractivity contribution in [3.8, 4) is 11.1 Å². The van der Waals surface area contributed by atoms with E-state index in [-0.39, 0.29) is 24.5 Å². The van der Waals surface area contributed by atoms with Crippen LogP contribution in [0.15, 0.2) is 60.8 Å². The zero-order valence-corrected chi connectivity index (χ0v) is 21.4. The molecule has 0 bridgehead atoms. The van der Waals surface area contributed by atoms with Crippen molar-refractivity contribution in [2.24, 2.45) is 5.41 Å². The highest BCUT2D eigenvalue weighted by atomic mass is 35.5. The van der Waals surface area contributed by atoms with Crippen LogP contribution in [0.3, 0.4) is 0 Å². The summed E-state index contributed by atoms with van der Waals surface area (Å²) in [6.07, 6.45) is 1.83. The highest BCUT2D eigenvalue weighted by Crippen LogP contribution is 2.29. The summed E-state index contributed by atoms with van der Waals surface area (Å²) in [4.78, 5) is 29.0. The van der Waals surface area contributed by atoms with Gasteiger partial charge < -0.3 is 15.2 Å². The Morgan fingerprint density at radius 1 is 1.11 bits per heavy atom. The molecule has 0 aliphatic heterocycles. The lowest BCUT2D eigenvalue weighted by atomic mass is 9.82. The molecule has 0 saturated heterocycles. The fourth-order valence-electron chi connectivity index (χ4n) is 3.85. The molecule has 0 aliphatic carbocycles. The van der Waals surface area contributed by atoms with Gasteiger partial charge >= 0.3 is 5.97 Å². The monoisotopic (exact) mass is 532 g/mol. The van der Waals surface area contributed by atoms with E-state index in [1.165, 1.54) is 24.4 Å². The van der Waals surface area contributed by atoms with Gasteiger partial charge in [-0.05, 0) is 68.1 Å². The van der Waals surface area contributed by atoms with Crippen LogP contribution in [0.5, 0.6) is 0 Å². The predicted octanol–water partition coefficient (Wildman–Crippen LogP) is 6.05. The van der Waals surface area contributed by atoms with Crippen molar-refractivity contribution in [1.29, 1.82) is 0 Å². The number of aliphatic carboxylic acids is 1. The van der Waals surface area contributed by atoms with Crippen LogP contribution in [0.25, 0.3) is 11.1 Å². The molecule has 9 heteroatoms. The van der Waals surface area contributed by atoms with Crippen LogP contribution < -0.4 is 5.32 Å². The first-order valence-corrected chi connectivity index (χ1v) is 12.1. The summed E-state index contributed by atoms with van der Waals surface area (Å²) in [5, 5.41) is 13.6. The fraction of sp³-hybridized carbons (Fsp3) is 0.296. The Hall–Kier alpha value is -3.00. The Morgan fingerprint density at radius 2 is 1.81 bits per heavy atom. The molecule has 0 radical (unpaired) electrons. The average Bonchev–Trinajstić information content (AvgIpc) is 2.85. The molecule has 0 saturated carbocycles. The quantitative estimate of drug-likeness (QED) is 0.313. The van der Waals surface area contributed by atoms with Gasteiger partial charge in [-0.2, -0.15) is 0 Å². The number of rotatable bonds is 11. The maximum atomic E-state index is 14.3. The highest BCUT2D eigenvalue weighted by molar-refractivity contribution is 6.31. The van der Waals surface area contributed by atoms with Crippen LogP contribution in [0.4, 0.5) is 4.39 Å². The second-order valence-corrected chi connectivity index (χ2v) is 9.64. The zero-order chi connectivity index (χ0) is 26.3. The normalized spacial score (nSPS) is 13.6.